The van der Waals surface area contributed by atoms with Gasteiger partial charge in [-0.1, -0.05) is 18.2 Å². The van der Waals surface area contributed by atoms with Crippen molar-refractivity contribution in [1.29, 1.82) is 0 Å². The molecule has 0 aliphatic rings. The lowest BCUT2D eigenvalue weighted by molar-refractivity contribution is 0.548. The predicted molar refractivity (Wildman–Crippen MR) is 59.4 cm³/mol. The van der Waals surface area contributed by atoms with Crippen LogP contribution < -0.4 is 4.90 Å². The summed E-state index contributed by atoms with van der Waals surface area (Å²) in [4.78, 5) is 12.2. The van der Waals surface area contributed by atoms with Crippen LogP contribution in [0, 0.1) is 0 Å². The SMILES string of the molecule is CN(C)c1ccccc1CCC[C]=O. The van der Waals surface area contributed by atoms with Gasteiger partial charge >= 0.3 is 0 Å². The Balaban J connectivity index is 2.69. The number of aryl methyl sites for hydroxylation is 1. The first-order valence-electron chi connectivity index (χ1n) is 4.86. The van der Waals surface area contributed by atoms with E-state index in [9.17, 15) is 4.79 Å². The normalized spacial score (nSPS) is 9.86. The zero-order valence-electron chi connectivity index (χ0n) is 8.79. The fourth-order valence-electron chi connectivity index (χ4n) is 1.51. The van der Waals surface area contributed by atoms with Gasteiger partial charge in [-0.15, -0.1) is 0 Å². The van der Waals surface area contributed by atoms with Crippen molar-refractivity contribution in [3.8, 4) is 0 Å². The van der Waals surface area contributed by atoms with E-state index in [-0.39, 0.29) is 0 Å². The first-order chi connectivity index (χ1) is 6.75. The summed E-state index contributed by atoms with van der Waals surface area (Å²) in [6.07, 6.45) is 4.28. The van der Waals surface area contributed by atoms with Crippen LogP contribution >= 0.6 is 0 Å². The Morgan fingerprint density at radius 1 is 1.29 bits per heavy atom. The van der Waals surface area contributed by atoms with Gasteiger partial charge in [-0.05, 0) is 24.5 Å². The second-order valence-corrected chi connectivity index (χ2v) is 3.52. The van der Waals surface area contributed by atoms with E-state index < -0.39 is 0 Å². The molecular weight excluding hydrogens is 174 g/mol. The molecule has 0 aliphatic heterocycles. The van der Waals surface area contributed by atoms with Gasteiger partial charge in [0.15, 0.2) is 6.29 Å². The van der Waals surface area contributed by atoms with Crippen LogP contribution in [0.15, 0.2) is 24.3 Å². The summed E-state index contributed by atoms with van der Waals surface area (Å²) in [7, 11) is 4.06. The Bertz CT molecular complexity index is 294. The Kier molecular flexibility index (Phi) is 4.17. The lowest BCUT2D eigenvalue weighted by Gasteiger charge is -2.16. The summed E-state index contributed by atoms with van der Waals surface area (Å²) >= 11 is 0. The van der Waals surface area contributed by atoms with Crippen molar-refractivity contribution in [3.63, 3.8) is 0 Å². The lowest BCUT2D eigenvalue weighted by atomic mass is 10.1. The largest absolute Gasteiger partial charge is 0.377 e. The van der Waals surface area contributed by atoms with Gasteiger partial charge in [0.2, 0.25) is 0 Å². The number of hydrogen-bond acceptors (Lipinski definition) is 2. The van der Waals surface area contributed by atoms with E-state index in [0.717, 1.165) is 12.8 Å². The fraction of sp³-hybridized carbons (Fsp3) is 0.417. The van der Waals surface area contributed by atoms with Crippen LogP contribution in [0.2, 0.25) is 0 Å². The molecule has 0 aliphatic carbocycles. The van der Waals surface area contributed by atoms with E-state index >= 15 is 0 Å². The zero-order chi connectivity index (χ0) is 10.4. The van der Waals surface area contributed by atoms with Gasteiger partial charge in [0.1, 0.15) is 0 Å². The van der Waals surface area contributed by atoms with Gasteiger partial charge < -0.3 is 4.90 Å². The van der Waals surface area contributed by atoms with Crippen molar-refractivity contribution >= 4 is 12.0 Å². The zero-order valence-corrected chi connectivity index (χ0v) is 8.79. The van der Waals surface area contributed by atoms with Gasteiger partial charge in [-0.2, -0.15) is 0 Å². The van der Waals surface area contributed by atoms with Crippen LogP contribution in [0.25, 0.3) is 0 Å². The number of hydrogen-bond donors (Lipinski definition) is 0. The highest BCUT2D eigenvalue weighted by Crippen LogP contribution is 2.19. The minimum absolute atomic E-state index is 0.530. The highest BCUT2D eigenvalue weighted by atomic mass is 16.1. The minimum atomic E-state index is 0.530. The topological polar surface area (TPSA) is 20.3 Å². The minimum Gasteiger partial charge on any atom is -0.377 e. The third-order valence-corrected chi connectivity index (χ3v) is 2.20. The smallest absolute Gasteiger partial charge is 0.198 e. The second kappa shape index (κ2) is 5.43. The van der Waals surface area contributed by atoms with Crippen molar-refractivity contribution in [2.45, 2.75) is 19.3 Å². The molecule has 1 aromatic carbocycles. The Labute approximate surface area is 85.5 Å². The maximum atomic E-state index is 10.1. The Morgan fingerprint density at radius 3 is 2.64 bits per heavy atom. The molecule has 2 heteroatoms. The Morgan fingerprint density at radius 2 is 2.00 bits per heavy atom. The van der Waals surface area contributed by atoms with E-state index in [1.165, 1.54) is 11.3 Å². The summed E-state index contributed by atoms with van der Waals surface area (Å²) in [5.74, 6) is 0. The number of benzene rings is 1. The van der Waals surface area contributed by atoms with E-state index in [0.29, 0.717) is 6.42 Å². The molecule has 0 amide bonds. The van der Waals surface area contributed by atoms with Crippen LogP contribution in [0.5, 0.6) is 0 Å². The molecule has 0 spiro atoms. The molecular formula is C12H16NO. The highest BCUT2D eigenvalue weighted by Gasteiger charge is 2.02. The molecule has 0 N–H and O–H groups in total. The third kappa shape index (κ3) is 2.87. The number of para-hydroxylation sites is 1. The van der Waals surface area contributed by atoms with E-state index in [4.69, 9.17) is 0 Å². The van der Waals surface area contributed by atoms with Crippen molar-refractivity contribution in [3.05, 3.63) is 29.8 Å². The summed E-state index contributed by atoms with van der Waals surface area (Å²) < 4.78 is 0. The van der Waals surface area contributed by atoms with Crippen LogP contribution in [0.3, 0.4) is 0 Å². The molecule has 0 saturated carbocycles. The quantitative estimate of drug-likeness (QED) is 0.663. The number of nitrogens with zero attached hydrogens (tertiary/aromatic N) is 1. The van der Waals surface area contributed by atoms with E-state index in [2.05, 4.69) is 17.0 Å². The fourth-order valence-corrected chi connectivity index (χ4v) is 1.51. The van der Waals surface area contributed by atoms with E-state index in [1.54, 1.807) is 0 Å². The number of unbranched alkanes of at least 4 members (excludes halogenated alkanes) is 1. The number of rotatable bonds is 5. The molecule has 0 saturated heterocycles. The van der Waals surface area contributed by atoms with Gasteiger partial charge in [0.05, 0.1) is 0 Å². The molecule has 0 bridgehead atoms. The molecule has 0 heterocycles. The monoisotopic (exact) mass is 190 g/mol. The molecule has 2 nitrogen and oxygen atoms in total. The summed E-state index contributed by atoms with van der Waals surface area (Å²) in [6.45, 7) is 0. The summed E-state index contributed by atoms with van der Waals surface area (Å²) in [5.41, 5.74) is 2.53. The molecule has 0 atom stereocenters. The highest BCUT2D eigenvalue weighted by molar-refractivity contribution is 5.53. The molecule has 0 aromatic heterocycles. The van der Waals surface area contributed by atoms with Crippen LogP contribution in [-0.2, 0) is 11.2 Å². The maximum absolute atomic E-state index is 10.1. The summed E-state index contributed by atoms with van der Waals surface area (Å²) in [6, 6.07) is 8.28. The van der Waals surface area contributed by atoms with Crippen LogP contribution in [0.4, 0.5) is 5.69 Å². The average molecular weight is 190 g/mol. The average Bonchev–Trinajstić information content (AvgIpc) is 2.19. The first-order valence-corrected chi connectivity index (χ1v) is 4.86. The van der Waals surface area contributed by atoms with Crippen LogP contribution in [-0.4, -0.2) is 20.4 Å². The molecule has 1 rings (SSSR count). The molecule has 1 radical (unpaired) electrons. The summed E-state index contributed by atoms with van der Waals surface area (Å²) in [5, 5.41) is 0. The van der Waals surface area contributed by atoms with Crippen molar-refractivity contribution in [2.24, 2.45) is 0 Å². The maximum Gasteiger partial charge on any atom is 0.198 e. The van der Waals surface area contributed by atoms with Crippen molar-refractivity contribution in [1.82, 2.24) is 0 Å². The molecule has 0 fully saturated rings. The lowest BCUT2D eigenvalue weighted by Crippen LogP contribution is -2.11. The number of carbonyl (C=O) groups excluding carboxylic acids is 1. The van der Waals surface area contributed by atoms with Crippen molar-refractivity contribution in [2.75, 3.05) is 19.0 Å². The Hall–Kier alpha value is -1.31. The molecule has 14 heavy (non-hydrogen) atoms. The standard InChI is InChI=1S/C12H16NO/c1-13(2)12-9-4-3-7-11(12)8-5-6-10-14/h3-4,7,9H,5-6,8H2,1-2H3. The van der Waals surface area contributed by atoms with E-state index in [1.807, 2.05) is 32.5 Å². The van der Waals surface area contributed by atoms with Gasteiger partial charge in [0, 0.05) is 26.2 Å². The van der Waals surface area contributed by atoms with Crippen LogP contribution in [0.1, 0.15) is 18.4 Å². The third-order valence-electron chi connectivity index (χ3n) is 2.20. The van der Waals surface area contributed by atoms with Gasteiger partial charge in [-0.3, -0.25) is 4.79 Å². The molecule has 75 valence electrons. The first kappa shape index (κ1) is 10.8. The van der Waals surface area contributed by atoms with Gasteiger partial charge in [-0.25, -0.2) is 0 Å². The predicted octanol–water partition coefficient (Wildman–Crippen LogP) is 2.18. The number of anilines is 1. The molecule has 0 unspecified atom stereocenters. The molecule has 1 aromatic rings. The van der Waals surface area contributed by atoms with Gasteiger partial charge in [0.25, 0.3) is 0 Å². The van der Waals surface area contributed by atoms with Crippen molar-refractivity contribution < 1.29 is 4.79 Å². The second-order valence-electron chi connectivity index (χ2n) is 3.52.